The van der Waals surface area contributed by atoms with E-state index in [1.54, 1.807) is 6.92 Å². The number of urea groups is 1. The van der Waals surface area contributed by atoms with Gasteiger partial charge in [0.2, 0.25) is 0 Å². The van der Waals surface area contributed by atoms with Crippen molar-refractivity contribution in [2.24, 2.45) is 0 Å². The highest BCUT2D eigenvalue weighted by atomic mass is 16.6. The van der Waals surface area contributed by atoms with Crippen molar-refractivity contribution in [2.45, 2.75) is 26.8 Å². The maximum Gasteiger partial charge on any atom is 0.319 e. The highest BCUT2D eigenvalue weighted by Crippen LogP contribution is 2.29. The van der Waals surface area contributed by atoms with Gasteiger partial charge < -0.3 is 16.0 Å². The smallest absolute Gasteiger partial charge is 0.319 e. The van der Waals surface area contributed by atoms with Crippen LogP contribution < -0.4 is 16.0 Å². The van der Waals surface area contributed by atoms with E-state index >= 15 is 0 Å². The van der Waals surface area contributed by atoms with Gasteiger partial charge >= 0.3 is 6.03 Å². The summed E-state index contributed by atoms with van der Waals surface area (Å²) in [6, 6.07) is 10.3. The summed E-state index contributed by atoms with van der Waals surface area (Å²) in [5, 5.41) is 19.1. The molecule has 0 aromatic heterocycles. The van der Waals surface area contributed by atoms with E-state index in [2.05, 4.69) is 16.0 Å². The highest BCUT2D eigenvalue weighted by molar-refractivity contribution is 6.07. The third-order valence-electron chi connectivity index (χ3n) is 4.58. The first-order valence-electron chi connectivity index (χ1n) is 8.67. The van der Waals surface area contributed by atoms with Gasteiger partial charge in [-0.15, -0.1) is 0 Å². The molecule has 0 aliphatic carbocycles. The summed E-state index contributed by atoms with van der Waals surface area (Å²) in [6.07, 6.45) is 0. The number of anilines is 1. The summed E-state index contributed by atoms with van der Waals surface area (Å²) in [6.45, 7) is 5.52. The molecule has 0 saturated heterocycles. The Balaban J connectivity index is 1.94. The number of amides is 3. The van der Waals surface area contributed by atoms with E-state index in [-0.39, 0.29) is 11.6 Å². The van der Waals surface area contributed by atoms with Gasteiger partial charge in [0, 0.05) is 23.5 Å². The van der Waals surface area contributed by atoms with E-state index in [1.807, 2.05) is 32.0 Å². The van der Waals surface area contributed by atoms with Gasteiger partial charge in [0.1, 0.15) is 0 Å². The molecule has 2 aromatic rings. The predicted molar refractivity (Wildman–Crippen MR) is 105 cm³/mol. The molecule has 0 radical (unpaired) electrons. The molecule has 144 valence electrons. The normalized spacial score (nSPS) is 16.2. The van der Waals surface area contributed by atoms with Gasteiger partial charge in [0.25, 0.3) is 11.6 Å². The molecular weight excluding hydrogens is 360 g/mol. The van der Waals surface area contributed by atoms with Crippen molar-refractivity contribution in [2.75, 3.05) is 5.32 Å². The molecular formula is C20H20N4O4. The molecule has 0 unspecified atom stereocenters. The summed E-state index contributed by atoms with van der Waals surface area (Å²) in [5.74, 6) is -0.361. The van der Waals surface area contributed by atoms with E-state index in [1.165, 1.54) is 24.3 Å². The average molecular weight is 380 g/mol. The number of rotatable bonds is 4. The fourth-order valence-electron chi connectivity index (χ4n) is 3.18. The lowest BCUT2D eigenvalue weighted by molar-refractivity contribution is -0.384. The van der Waals surface area contributed by atoms with Gasteiger partial charge in [-0.05, 0) is 50.1 Å². The van der Waals surface area contributed by atoms with Crippen LogP contribution in [0.15, 0.2) is 53.7 Å². The first-order valence-corrected chi connectivity index (χ1v) is 8.67. The van der Waals surface area contributed by atoms with E-state index in [9.17, 15) is 19.7 Å². The number of hydrogen-bond donors (Lipinski definition) is 3. The number of benzene rings is 2. The minimum absolute atomic E-state index is 0.0639. The molecule has 8 nitrogen and oxygen atoms in total. The molecule has 1 atom stereocenters. The Bertz CT molecular complexity index is 996. The number of non-ortho nitro benzene ring substituents is 1. The van der Waals surface area contributed by atoms with Gasteiger partial charge in [0.05, 0.1) is 16.5 Å². The molecule has 8 heteroatoms. The number of nitro groups is 1. The zero-order valence-corrected chi connectivity index (χ0v) is 15.7. The van der Waals surface area contributed by atoms with Gasteiger partial charge in [0.15, 0.2) is 0 Å². The molecule has 0 fully saturated rings. The van der Waals surface area contributed by atoms with Crippen molar-refractivity contribution in [3.63, 3.8) is 0 Å². The Morgan fingerprint density at radius 2 is 1.79 bits per heavy atom. The molecule has 2 aromatic carbocycles. The van der Waals surface area contributed by atoms with Crippen LogP contribution in [0.3, 0.4) is 0 Å². The lowest BCUT2D eigenvalue weighted by Crippen LogP contribution is -2.46. The number of carbonyl (C=O) groups excluding carboxylic acids is 2. The number of nitrogens with zero attached hydrogens (tertiary/aromatic N) is 1. The first-order chi connectivity index (χ1) is 13.3. The lowest BCUT2D eigenvalue weighted by Gasteiger charge is -2.28. The molecule has 0 bridgehead atoms. The van der Waals surface area contributed by atoms with Crippen molar-refractivity contribution in [1.29, 1.82) is 0 Å². The molecule has 1 aliphatic rings. The first kappa shape index (κ1) is 19.1. The van der Waals surface area contributed by atoms with Gasteiger partial charge in [-0.25, -0.2) is 4.79 Å². The third kappa shape index (κ3) is 3.85. The van der Waals surface area contributed by atoms with Crippen LogP contribution in [0.2, 0.25) is 0 Å². The van der Waals surface area contributed by atoms with E-state index in [0.29, 0.717) is 22.5 Å². The summed E-state index contributed by atoms with van der Waals surface area (Å²) in [5.41, 5.74) is 3.96. The van der Waals surface area contributed by atoms with Crippen molar-refractivity contribution >= 4 is 23.3 Å². The van der Waals surface area contributed by atoms with Gasteiger partial charge in [-0.2, -0.15) is 0 Å². The number of allylic oxidation sites excluding steroid dienone is 1. The number of hydrogen-bond acceptors (Lipinski definition) is 4. The maximum atomic E-state index is 13.0. The number of nitrogens with one attached hydrogen (secondary N) is 3. The standard InChI is InChI=1S/C20H20N4O4/c1-11-4-9-16(12(2)10-11)22-19(25)17-13(3)21-20(26)23-18(17)14-5-7-15(8-6-14)24(27)28/h4-10,18H,1-3H3,(H,22,25)(H2,21,23,26)/t18-/m1/s1. The van der Waals surface area contributed by atoms with Crippen LogP contribution >= 0.6 is 0 Å². The summed E-state index contributed by atoms with van der Waals surface area (Å²) >= 11 is 0. The fourth-order valence-corrected chi connectivity index (χ4v) is 3.18. The van der Waals surface area contributed by atoms with Crippen molar-refractivity contribution in [3.8, 4) is 0 Å². The van der Waals surface area contributed by atoms with E-state index in [0.717, 1.165) is 11.1 Å². The van der Waals surface area contributed by atoms with Crippen LogP contribution in [-0.4, -0.2) is 16.9 Å². The molecule has 0 saturated carbocycles. The van der Waals surface area contributed by atoms with Crippen LogP contribution in [-0.2, 0) is 4.79 Å². The zero-order valence-electron chi connectivity index (χ0n) is 15.7. The summed E-state index contributed by atoms with van der Waals surface area (Å²) < 4.78 is 0. The van der Waals surface area contributed by atoms with Crippen molar-refractivity contribution in [1.82, 2.24) is 10.6 Å². The molecule has 1 heterocycles. The van der Waals surface area contributed by atoms with Crippen LogP contribution in [0.25, 0.3) is 0 Å². The molecule has 0 spiro atoms. The lowest BCUT2D eigenvalue weighted by atomic mass is 9.94. The Labute approximate surface area is 161 Å². The molecule has 1 aliphatic heterocycles. The Kier molecular flexibility index (Phi) is 5.12. The number of nitro benzene ring substituents is 1. The average Bonchev–Trinajstić information content (AvgIpc) is 2.63. The monoisotopic (exact) mass is 380 g/mol. The van der Waals surface area contributed by atoms with Crippen LogP contribution in [0.1, 0.15) is 29.7 Å². The summed E-state index contributed by atoms with van der Waals surface area (Å²) in [7, 11) is 0. The summed E-state index contributed by atoms with van der Waals surface area (Å²) in [4.78, 5) is 35.3. The quantitative estimate of drug-likeness (QED) is 0.556. The Morgan fingerprint density at radius 1 is 1.11 bits per heavy atom. The molecule has 3 N–H and O–H groups in total. The SMILES string of the molecule is CC1=C(C(=O)Nc2ccc(C)cc2C)[C@@H](c2ccc([N+](=O)[O-])cc2)NC(=O)N1. The van der Waals surface area contributed by atoms with Gasteiger partial charge in [-0.3, -0.25) is 14.9 Å². The van der Waals surface area contributed by atoms with Gasteiger partial charge in [-0.1, -0.05) is 17.7 Å². The van der Waals surface area contributed by atoms with E-state index < -0.39 is 17.0 Å². The second-order valence-corrected chi connectivity index (χ2v) is 6.69. The molecule has 3 rings (SSSR count). The minimum Gasteiger partial charge on any atom is -0.327 e. The largest absolute Gasteiger partial charge is 0.327 e. The number of carbonyl (C=O) groups is 2. The van der Waals surface area contributed by atoms with E-state index in [4.69, 9.17) is 0 Å². The van der Waals surface area contributed by atoms with Crippen LogP contribution in [0.5, 0.6) is 0 Å². The second kappa shape index (κ2) is 7.51. The topological polar surface area (TPSA) is 113 Å². The van der Waals surface area contributed by atoms with Crippen molar-refractivity contribution < 1.29 is 14.5 Å². The Hall–Kier alpha value is -3.68. The van der Waals surface area contributed by atoms with Crippen LogP contribution in [0.4, 0.5) is 16.2 Å². The number of aryl methyl sites for hydroxylation is 2. The second-order valence-electron chi connectivity index (χ2n) is 6.69. The maximum absolute atomic E-state index is 13.0. The molecule has 3 amide bonds. The fraction of sp³-hybridized carbons (Fsp3) is 0.200. The van der Waals surface area contributed by atoms with Crippen molar-refractivity contribution in [3.05, 3.63) is 80.5 Å². The predicted octanol–water partition coefficient (Wildman–Crippen LogP) is 3.48. The zero-order chi connectivity index (χ0) is 20.4. The Morgan fingerprint density at radius 3 is 2.39 bits per heavy atom. The highest BCUT2D eigenvalue weighted by Gasteiger charge is 2.31. The van der Waals surface area contributed by atoms with Crippen LogP contribution in [0, 0.1) is 24.0 Å². The minimum atomic E-state index is -0.722. The molecule has 28 heavy (non-hydrogen) atoms. The third-order valence-corrected chi connectivity index (χ3v) is 4.58.